The molecule has 0 saturated carbocycles. The Hall–Kier alpha value is -2.66. The van der Waals surface area contributed by atoms with Crippen molar-refractivity contribution in [1.29, 1.82) is 0 Å². The summed E-state index contributed by atoms with van der Waals surface area (Å²) in [4.78, 5) is 26.1. The minimum absolute atomic E-state index is 0.230. The van der Waals surface area contributed by atoms with Crippen LogP contribution in [-0.2, 0) is 16.3 Å². The van der Waals surface area contributed by atoms with Crippen molar-refractivity contribution < 1.29 is 8.95 Å². The maximum atomic E-state index is 12.9. The van der Waals surface area contributed by atoms with Gasteiger partial charge in [0.25, 0.3) is 5.56 Å². The van der Waals surface area contributed by atoms with Gasteiger partial charge in [0.05, 0.1) is 13.7 Å². The number of methoxy groups -OCH3 is 1. The van der Waals surface area contributed by atoms with Crippen LogP contribution in [0.5, 0.6) is 5.75 Å². The minimum Gasteiger partial charge on any atom is -0.493 e. The summed E-state index contributed by atoms with van der Waals surface area (Å²) in [5.74, 6) is 0.994. The quantitative estimate of drug-likeness (QED) is 0.342. The van der Waals surface area contributed by atoms with E-state index in [1.165, 1.54) is 42.3 Å². The molecule has 0 aromatic carbocycles. The Labute approximate surface area is 166 Å². The summed E-state index contributed by atoms with van der Waals surface area (Å²) < 4.78 is 24.7. The Morgan fingerprint density at radius 3 is 2.71 bits per heavy atom. The molecule has 0 aliphatic rings. The van der Waals surface area contributed by atoms with Gasteiger partial charge < -0.3 is 4.74 Å². The molecular weight excluding hydrogens is 400 g/mol. The standard InChI is InChI=1S/C17H20N6O3S2/c1-6-9-22-16(24)11-10-18-17(27-3)20-14(11)23(22)15-12(26-2)7-8-13(19-15)21-28(4,5)25/h6-8,10H,1,9H2,2-5H3. The number of ether oxygens (including phenoxy) is 1. The summed E-state index contributed by atoms with van der Waals surface area (Å²) in [5, 5.41) is 0.863. The largest absolute Gasteiger partial charge is 0.493 e. The van der Waals surface area contributed by atoms with Gasteiger partial charge >= 0.3 is 0 Å². The predicted octanol–water partition coefficient (Wildman–Crippen LogP) is 2.25. The van der Waals surface area contributed by atoms with Crippen LogP contribution in [0.25, 0.3) is 16.9 Å². The summed E-state index contributed by atoms with van der Waals surface area (Å²) in [6.07, 6.45) is 8.00. The minimum atomic E-state index is -2.42. The molecule has 3 heterocycles. The van der Waals surface area contributed by atoms with Crippen LogP contribution in [0.15, 0.2) is 45.3 Å². The molecule has 0 N–H and O–H groups in total. The van der Waals surface area contributed by atoms with Crippen molar-refractivity contribution in [3.8, 4) is 11.6 Å². The van der Waals surface area contributed by atoms with Crippen LogP contribution >= 0.6 is 11.8 Å². The lowest BCUT2D eigenvalue weighted by molar-refractivity contribution is 0.406. The van der Waals surface area contributed by atoms with Crippen LogP contribution in [0.4, 0.5) is 5.82 Å². The molecule has 0 saturated heterocycles. The molecule has 0 amide bonds. The van der Waals surface area contributed by atoms with Gasteiger partial charge in [0, 0.05) is 28.4 Å². The Morgan fingerprint density at radius 2 is 2.11 bits per heavy atom. The lowest BCUT2D eigenvalue weighted by atomic mass is 10.4. The van der Waals surface area contributed by atoms with Gasteiger partial charge in [-0.3, -0.25) is 4.79 Å². The fraction of sp³-hybridized carbons (Fsp3) is 0.294. The van der Waals surface area contributed by atoms with Gasteiger partial charge in [0.15, 0.2) is 28.2 Å². The highest BCUT2D eigenvalue weighted by molar-refractivity contribution is 7.98. The van der Waals surface area contributed by atoms with E-state index >= 15 is 0 Å². The van der Waals surface area contributed by atoms with Gasteiger partial charge in [-0.05, 0) is 18.4 Å². The van der Waals surface area contributed by atoms with E-state index in [4.69, 9.17) is 4.74 Å². The molecular formula is C17H20N6O3S2. The SMILES string of the molecule is C=CCn1c(=O)c2cnc(SC)nc2n1-c1nc(N=S(C)(C)=O)ccc1OC. The number of aromatic nitrogens is 5. The molecule has 0 aliphatic carbocycles. The number of hydrogen-bond acceptors (Lipinski definition) is 8. The molecule has 0 fully saturated rings. The van der Waals surface area contributed by atoms with E-state index in [9.17, 15) is 9.00 Å². The predicted molar refractivity (Wildman–Crippen MR) is 112 cm³/mol. The van der Waals surface area contributed by atoms with Gasteiger partial charge in [-0.2, -0.15) is 4.36 Å². The molecule has 0 radical (unpaired) electrons. The first-order valence-corrected chi connectivity index (χ1v) is 11.7. The van der Waals surface area contributed by atoms with Crippen LogP contribution in [-0.4, -0.2) is 54.4 Å². The van der Waals surface area contributed by atoms with E-state index in [2.05, 4.69) is 25.9 Å². The number of nitrogens with zero attached hydrogens (tertiary/aromatic N) is 6. The topological polar surface area (TPSA) is 104 Å². The average molecular weight is 421 g/mol. The number of hydrogen-bond donors (Lipinski definition) is 0. The van der Waals surface area contributed by atoms with E-state index in [0.717, 1.165) is 0 Å². The highest BCUT2D eigenvalue weighted by Gasteiger charge is 2.21. The zero-order valence-corrected chi connectivity index (χ0v) is 17.6. The zero-order chi connectivity index (χ0) is 20.5. The molecule has 3 rings (SSSR count). The summed E-state index contributed by atoms with van der Waals surface area (Å²) in [7, 11) is -0.911. The number of allylic oxidation sites excluding steroid dienone is 1. The second-order valence-electron chi connectivity index (χ2n) is 6.05. The first kappa shape index (κ1) is 20.1. The number of pyridine rings is 1. The van der Waals surface area contributed by atoms with Gasteiger partial charge in [-0.15, -0.1) is 6.58 Å². The van der Waals surface area contributed by atoms with E-state index in [1.54, 1.807) is 22.9 Å². The summed E-state index contributed by atoms with van der Waals surface area (Å²) in [6, 6.07) is 3.27. The summed E-state index contributed by atoms with van der Waals surface area (Å²) in [5.41, 5.74) is 0.117. The summed E-state index contributed by atoms with van der Waals surface area (Å²) in [6.45, 7) is 3.95. The molecule has 3 aromatic rings. The van der Waals surface area contributed by atoms with E-state index in [1.807, 2.05) is 6.26 Å². The number of fused-ring (bicyclic) bond motifs is 1. The van der Waals surface area contributed by atoms with Gasteiger partial charge in [0.2, 0.25) is 0 Å². The molecule has 0 spiro atoms. The summed E-state index contributed by atoms with van der Waals surface area (Å²) >= 11 is 1.36. The van der Waals surface area contributed by atoms with Crippen LogP contribution in [0.3, 0.4) is 0 Å². The van der Waals surface area contributed by atoms with Crippen molar-refractivity contribution in [3.05, 3.63) is 41.3 Å². The molecule has 0 atom stereocenters. The van der Waals surface area contributed by atoms with Gasteiger partial charge in [0.1, 0.15) is 5.39 Å². The Balaban J connectivity index is 2.43. The van der Waals surface area contributed by atoms with Gasteiger partial charge in [-0.25, -0.2) is 28.5 Å². The molecule has 0 unspecified atom stereocenters. The molecule has 0 bridgehead atoms. The number of thioether (sulfide) groups is 1. The molecule has 28 heavy (non-hydrogen) atoms. The monoisotopic (exact) mass is 420 g/mol. The van der Waals surface area contributed by atoms with Crippen LogP contribution in [0.1, 0.15) is 0 Å². The highest BCUT2D eigenvalue weighted by Crippen LogP contribution is 2.27. The molecule has 0 aliphatic heterocycles. The highest BCUT2D eigenvalue weighted by atomic mass is 32.2. The fourth-order valence-electron chi connectivity index (χ4n) is 2.63. The van der Waals surface area contributed by atoms with Crippen LogP contribution in [0, 0.1) is 0 Å². The lowest BCUT2D eigenvalue weighted by Crippen LogP contribution is -2.22. The third-order valence-corrected chi connectivity index (χ3v) is 4.89. The molecule has 11 heteroatoms. The molecule has 148 valence electrons. The van der Waals surface area contributed by atoms with E-state index in [0.29, 0.717) is 27.8 Å². The first-order chi connectivity index (χ1) is 13.3. The van der Waals surface area contributed by atoms with E-state index in [-0.39, 0.29) is 17.9 Å². The van der Waals surface area contributed by atoms with Crippen LogP contribution in [0.2, 0.25) is 0 Å². The Morgan fingerprint density at radius 1 is 1.36 bits per heavy atom. The fourth-order valence-corrected chi connectivity index (χ4v) is 3.51. The van der Waals surface area contributed by atoms with Crippen molar-refractivity contribution in [1.82, 2.24) is 24.3 Å². The van der Waals surface area contributed by atoms with E-state index < -0.39 is 9.73 Å². The maximum absolute atomic E-state index is 12.9. The zero-order valence-electron chi connectivity index (χ0n) is 15.9. The average Bonchev–Trinajstić information content (AvgIpc) is 2.92. The third-order valence-electron chi connectivity index (χ3n) is 3.70. The molecule has 9 nitrogen and oxygen atoms in total. The second-order valence-corrected chi connectivity index (χ2v) is 9.37. The van der Waals surface area contributed by atoms with Crippen molar-refractivity contribution in [3.63, 3.8) is 0 Å². The van der Waals surface area contributed by atoms with Gasteiger partial charge in [-0.1, -0.05) is 17.8 Å². The Kier molecular flexibility index (Phi) is 5.57. The third kappa shape index (κ3) is 3.80. The molecule has 3 aromatic heterocycles. The normalized spacial score (nSPS) is 11.6. The number of rotatable bonds is 6. The maximum Gasteiger partial charge on any atom is 0.278 e. The van der Waals surface area contributed by atoms with Crippen molar-refractivity contribution >= 4 is 38.3 Å². The second kappa shape index (κ2) is 7.76. The lowest BCUT2D eigenvalue weighted by Gasteiger charge is -2.14. The Bertz CT molecular complexity index is 1230. The van der Waals surface area contributed by atoms with Crippen molar-refractivity contribution in [2.45, 2.75) is 11.7 Å². The first-order valence-electron chi connectivity index (χ1n) is 8.15. The smallest absolute Gasteiger partial charge is 0.278 e. The van der Waals surface area contributed by atoms with Crippen molar-refractivity contribution in [2.75, 3.05) is 25.9 Å². The van der Waals surface area contributed by atoms with Crippen LogP contribution < -0.4 is 10.3 Å². The van der Waals surface area contributed by atoms with Crippen molar-refractivity contribution in [2.24, 2.45) is 4.36 Å².